The monoisotopic (exact) mass is 454 g/mol. The lowest BCUT2D eigenvalue weighted by Crippen LogP contribution is -2.62. The zero-order valence-corrected chi connectivity index (χ0v) is 19.2. The highest BCUT2D eigenvalue weighted by Crippen LogP contribution is 2.48. The van der Waals surface area contributed by atoms with E-state index in [1.807, 2.05) is 35.2 Å². The molecule has 0 saturated carbocycles. The number of aliphatic hydroxyl groups excluding tert-OH is 1. The number of hydrogen-bond acceptors (Lipinski definition) is 8. The van der Waals surface area contributed by atoms with Gasteiger partial charge in [0.05, 0.1) is 25.4 Å². The van der Waals surface area contributed by atoms with Crippen LogP contribution in [-0.2, 0) is 16.0 Å². The third-order valence-electron chi connectivity index (χ3n) is 6.07. The number of nitrogens with one attached hydrogen (secondary N) is 1. The number of ether oxygens (including phenoxy) is 4. The van der Waals surface area contributed by atoms with Gasteiger partial charge in [0.1, 0.15) is 23.4 Å². The maximum absolute atomic E-state index is 11.8. The summed E-state index contributed by atoms with van der Waals surface area (Å²) in [6.07, 6.45) is 1.55. The third kappa shape index (κ3) is 4.10. The first-order valence-electron chi connectivity index (χ1n) is 10.6. The number of methoxy groups -OCH3 is 3. The van der Waals surface area contributed by atoms with E-state index in [0.717, 1.165) is 17.1 Å². The molecule has 3 atom stereocenters. The van der Waals surface area contributed by atoms with Crippen molar-refractivity contribution in [1.29, 1.82) is 0 Å². The second-order valence-electron chi connectivity index (χ2n) is 8.11. The molecule has 1 aliphatic rings. The number of benzene rings is 2. The van der Waals surface area contributed by atoms with E-state index in [1.165, 1.54) is 14.2 Å². The Morgan fingerprint density at radius 2 is 1.97 bits per heavy atom. The van der Waals surface area contributed by atoms with Gasteiger partial charge in [-0.15, -0.1) is 0 Å². The SMILES string of the molecule is COc1ccccc1N(Cc1ncc[nH]1)[C@@H]1c2cc(N)ccc2O[C@](C)(C(OC)OC)[C@H]1O. The molecule has 9 heteroatoms. The Bertz CT molecular complexity index is 1070. The molecule has 0 unspecified atom stereocenters. The van der Waals surface area contributed by atoms with Crippen LogP contribution in [0.1, 0.15) is 24.4 Å². The van der Waals surface area contributed by atoms with Crippen LogP contribution in [0.3, 0.4) is 0 Å². The van der Waals surface area contributed by atoms with Crippen molar-refractivity contribution < 1.29 is 24.1 Å². The number of nitrogens with zero attached hydrogens (tertiary/aromatic N) is 2. The lowest BCUT2D eigenvalue weighted by atomic mass is 9.83. The second-order valence-corrected chi connectivity index (χ2v) is 8.11. The summed E-state index contributed by atoms with van der Waals surface area (Å²) in [4.78, 5) is 9.59. The molecule has 3 aromatic rings. The summed E-state index contributed by atoms with van der Waals surface area (Å²) in [6.45, 7) is 2.14. The Hall–Kier alpha value is -3.27. The predicted octanol–water partition coefficient (Wildman–Crippen LogP) is 2.88. The highest BCUT2D eigenvalue weighted by atomic mass is 16.7. The molecule has 33 heavy (non-hydrogen) atoms. The molecule has 0 radical (unpaired) electrons. The summed E-state index contributed by atoms with van der Waals surface area (Å²) in [5.41, 5.74) is 7.01. The van der Waals surface area contributed by atoms with Gasteiger partial charge in [-0.25, -0.2) is 4.98 Å². The summed E-state index contributed by atoms with van der Waals surface area (Å²) in [6, 6.07) is 12.4. The van der Waals surface area contributed by atoms with Crippen LogP contribution in [0.15, 0.2) is 54.9 Å². The normalized spacial score (nSPS) is 22.0. The molecule has 0 bridgehead atoms. The van der Waals surface area contributed by atoms with Crippen molar-refractivity contribution in [2.75, 3.05) is 32.0 Å². The van der Waals surface area contributed by atoms with E-state index < -0.39 is 24.0 Å². The maximum atomic E-state index is 11.8. The predicted molar refractivity (Wildman–Crippen MR) is 124 cm³/mol. The topological polar surface area (TPSA) is 115 Å². The van der Waals surface area contributed by atoms with Gasteiger partial charge in [-0.05, 0) is 37.3 Å². The lowest BCUT2D eigenvalue weighted by Gasteiger charge is -2.50. The van der Waals surface area contributed by atoms with Crippen LogP contribution in [0.2, 0.25) is 0 Å². The molecule has 4 N–H and O–H groups in total. The molecule has 1 aromatic heterocycles. The minimum absolute atomic E-state index is 0.365. The summed E-state index contributed by atoms with van der Waals surface area (Å²) in [5, 5.41) is 11.8. The van der Waals surface area contributed by atoms with Crippen LogP contribution in [0.25, 0.3) is 0 Å². The number of anilines is 2. The summed E-state index contributed by atoms with van der Waals surface area (Å²) in [7, 11) is 4.65. The second kappa shape index (κ2) is 9.30. The van der Waals surface area contributed by atoms with Gasteiger partial charge >= 0.3 is 0 Å². The molecule has 2 aromatic carbocycles. The number of aromatic nitrogens is 2. The zero-order valence-electron chi connectivity index (χ0n) is 19.2. The Morgan fingerprint density at radius 3 is 2.64 bits per heavy atom. The number of fused-ring (bicyclic) bond motifs is 1. The van der Waals surface area contributed by atoms with Gasteiger partial charge in [0.25, 0.3) is 0 Å². The van der Waals surface area contributed by atoms with Gasteiger partial charge in [-0.2, -0.15) is 0 Å². The summed E-state index contributed by atoms with van der Waals surface area (Å²) < 4.78 is 23.1. The first kappa shape index (κ1) is 22.9. The minimum Gasteiger partial charge on any atom is -0.495 e. The van der Waals surface area contributed by atoms with E-state index in [4.69, 9.17) is 24.7 Å². The number of hydrogen-bond donors (Lipinski definition) is 3. The maximum Gasteiger partial charge on any atom is 0.199 e. The molecular formula is C24H30N4O5. The van der Waals surface area contributed by atoms with Crippen molar-refractivity contribution in [2.45, 2.75) is 37.5 Å². The van der Waals surface area contributed by atoms with Crippen LogP contribution >= 0.6 is 0 Å². The Balaban J connectivity index is 1.92. The number of para-hydroxylation sites is 2. The number of aliphatic hydroxyl groups is 1. The fourth-order valence-electron chi connectivity index (χ4n) is 4.51. The molecule has 4 rings (SSSR count). The Morgan fingerprint density at radius 1 is 1.21 bits per heavy atom. The summed E-state index contributed by atoms with van der Waals surface area (Å²) >= 11 is 0. The molecule has 0 spiro atoms. The van der Waals surface area contributed by atoms with Crippen molar-refractivity contribution >= 4 is 11.4 Å². The quantitative estimate of drug-likeness (QED) is 0.352. The molecule has 1 aliphatic heterocycles. The van der Waals surface area contributed by atoms with Crippen LogP contribution in [-0.4, -0.2) is 54.4 Å². The minimum atomic E-state index is -1.22. The van der Waals surface area contributed by atoms with Crippen molar-refractivity contribution in [3.8, 4) is 11.5 Å². The van der Waals surface area contributed by atoms with Gasteiger partial charge in [0, 0.05) is 37.9 Å². The largest absolute Gasteiger partial charge is 0.495 e. The van der Waals surface area contributed by atoms with Gasteiger partial charge in [-0.1, -0.05) is 12.1 Å². The van der Waals surface area contributed by atoms with Crippen LogP contribution < -0.4 is 20.1 Å². The van der Waals surface area contributed by atoms with Crippen molar-refractivity contribution in [1.82, 2.24) is 9.97 Å². The van der Waals surface area contributed by atoms with Gasteiger partial charge in [-0.3, -0.25) is 0 Å². The molecule has 2 heterocycles. The van der Waals surface area contributed by atoms with E-state index in [2.05, 4.69) is 9.97 Å². The molecule has 9 nitrogen and oxygen atoms in total. The number of rotatable bonds is 8. The van der Waals surface area contributed by atoms with Crippen molar-refractivity contribution in [3.63, 3.8) is 0 Å². The number of nitrogens with two attached hydrogens (primary N) is 1. The number of imidazole rings is 1. The van der Waals surface area contributed by atoms with Crippen LogP contribution in [0, 0.1) is 0 Å². The average Bonchev–Trinajstić information content (AvgIpc) is 3.33. The lowest BCUT2D eigenvalue weighted by molar-refractivity contribution is -0.237. The Kier molecular flexibility index (Phi) is 6.46. The molecule has 0 saturated heterocycles. The van der Waals surface area contributed by atoms with Crippen LogP contribution in [0.4, 0.5) is 11.4 Å². The highest BCUT2D eigenvalue weighted by molar-refractivity contribution is 5.62. The highest BCUT2D eigenvalue weighted by Gasteiger charge is 2.54. The van der Waals surface area contributed by atoms with E-state index in [-0.39, 0.29) is 0 Å². The van der Waals surface area contributed by atoms with Crippen molar-refractivity contribution in [3.05, 3.63) is 66.2 Å². The number of nitrogen functional groups attached to an aromatic ring is 1. The molecular weight excluding hydrogens is 424 g/mol. The van der Waals surface area contributed by atoms with Gasteiger partial charge in [0.2, 0.25) is 0 Å². The molecule has 0 amide bonds. The van der Waals surface area contributed by atoms with Crippen LogP contribution in [0.5, 0.6) is 11.5 Å². The van der Waals surface area contributed by atoms with Gasteiger partial charge in [0.15, 0.2) is 11.9 Å². The zero-order chi connectivity index (χ0) is 23.6. The van der Waals surface area contributed by atoms with Gasteiger partial charge < -0.3 is 39.7 Å². The molecule has 0 fully saturated rings. The van der Waals surface area contributed by atoms with Crippen molar-refractivity contribution in [2.24, 2.45) is 0 Å². The number of aromatic amines is 1. The average molecular weight is 455 g/mol. The first-order chi connectivity index (χ1) is 15.9. The first-order valence-corrected chi connectivity index (χ1v) is 10.6. The fourth-order valence-corrected chi connectivity index (χ4v) is 4.51. The van der Waals surface area contributed by atoms with E-state index in [9.17, 15) is 5.11 Å². The van der Waals surface area contributed by atoms with E-state index in [1.54, 1.807) is 38.6 Å². The molecule has 176 valence electrons. The Labute approximate surface area is 193 Å². The fraction of sp³-hybridized carbons (Fsp3) is 0.375. The third-order valence-corrected chi connectivity index (χ3v) is 6.07. The molecule has 0 aliphatic carbocycles. The number of H-pyrrole nitrogens is 1. The van der Waals surface area contributed by atoms with E-state index >= 15 is 0 Å². The summed E-state index contributed by atoms with van der Waals surface area (Å²) in [5.74, 6) is 1.96. The smallest absolute Gasteiger partial charge is 0.199 e. The standard InChI is InChI=1S/C24H30N4O5/c1-24(23(31-3)32-4)22(29)21(16-13-15(25)9-10-18(16)33-24)28(14-20-26-11-12-27-20)17-7-5-6-8-19(17)30-2/h5-13,21-23,29H,14,25H2,1-4H3,(H,26,27)/t21-,22+,24+/m1/s1. The van der Waals surface area contributed by atoms with E-state index in [0.29, 0.717) is 23.7 Å².